The molecule has 0 N–H and O–H groups in total. The van der Waals surface area contributed by atoms with Crippen LogP contribution in [0.4, 0.5) is 0 Å². The minimum atomic E-state index is -1.50. The Labute approximate surface area is 97.4 Å². The lowest BCUT2D eigenvalue weighted by atomic mass is 10.4. The van der Waals surface area contributed by atoms with Crippen LogP contribution in [-0.4, -0.2) is 24.2 Å². The first-order chi connectivity index (χ1) is 6.29. The predicted molar refractivity (Wildman–Crippen MR) is 73.4 cm³/mol. The van der Waals surface area contributed by atoms with Crippen molar-refractivity contribution in [1.29, 1.82) is 0 Å². The molecule has 4 heteroatoms. The number of hydrogen-bond acceptors (Lipinski definition) is 3. The maximum Gasteiger partial charge on any atom is 0.115 e. The van der Waals surface area contributed by atoms with Gasteiger partial charge in [0.05, 0.1) is 0 Å². The molecule has 0 heterocycles. The van der Waals surface area contributed by atoms with Crippen LogP contribution < -0.4 is 5.19 Å². The van der Waals surface area contributed by atoms with Crippen molar-refractivity contribution in [2.75, 3.05) is 16.1 Å². The van der Waals surface area contributed by atoms with Gasteiger partial charge in [0.2, 0.25) is 0 Å². The van der Waals surface area contributed by atoms with Crippen molar-refractivity contribution in [3.63, 3.8) is 0 Å². The van der Waals surface area contributed by atoms with Crippen LogP contribution in [0.3, 0.4) is 0 Å². The standard InChI is InChI=1S/C9H14S3Si/c10-6-13(7-11,8-12)9-4-2-1-3-5-9/h1-5,10-12H,6-8H2. The summed E-state index contributed by atoms with van der Waals surface area (Å²) in [5.41, 5.74) is 0. The molecule has 0 spiro atoms. The summed E-state index contributed by atoms with van der Waals surface area (Å²) in [6, 6.07) is 10.5. The fourth-order valence-electron chi connectivity index (χ4n) is 1.22. The fourth-order valence-corrected chi connectivity index (χ4v) is 8.21. The molecule has 1 aromatic rings. The zero-order valence-corrected chi connectivity index (χ0v) is 11.0. The van der Waals surface area contributed by atoms with Gasteiger partial charge in [0, 0.05) is 0 Å². The number of rotatable bonds is 4. The summed E-state index contributed by atoms with van der Waals surface area (Å²) >= 11 is 13.3. The molecule has 0 saturated heterocycles. The molecule has 0 unspecified atom stereocenters. The molecular formula is C9H14S3Si. The van der Waals surface area contributed by atoms with Gasteiger partial charge in [-0.2, -0.15) is 37.9 Å². The van der Waals surface area contributed by atoms with E-state index in [9.17, 15) is 0 Å². The molecule has 1 aromatic carbocycles. The zero-order valence-electron chi connectivity index (χ0n) is 7.35. The van der Waals surface area contributed by atoms with Gasteiger partial charge >= 0.3 is 0 Å². The number of hydrogen-bond donors (Lipinski definition) is 3. The molecule has 0 saturated carbocycles. The first kappa shape index (κ1) is 11.6. The summed E-state index contributed by atoms with van der Waals surface area (Å²) < 4.78 is 0. The summed E-state index contributed by atoms with van der Waals surface area (Å²) in [6.07, 6.45) is 0. The van der Waals surface area contributed by atoms with E-state index in [-0.39, 0.29) is 0 Å². The molecule has 0 amide bonds. The van der Waals surface area contributed by atoms with Crippen LogP contribution >= 0.6 is 37.9 Å². The van der Waals surface area contributed by atoms with E-state index in [1.165, 1.54) is 5.19 Å². The van der Waals surface area contributed by atoms with Gasteiger partial charge in [0.15, 0.2) is 0 Å². The molecule has 1 rings (SSSR count). The van der Waals surface area contributed by atoms with E-state index >= 15 is 0 Å². The van der Waals surface area contributed by atoms with E-state index < -0.39 is 8.07 Å². The normalized spacial score (nSPS) is 11.6. The van der Waals surface area contributed by atoms with Gasteiger partial charge in [0.25, 0.3) is 0 Å². The van der Waals surface area contributed by atoms with Crippen LogP contribution in [0.25, 0.3) is 0 Å². The van der Waals surface area contributed by atoms with Crippen molar-refractivity contribution in [2.24, 2.45) is 0 Å². The van der Waals surface area contributed by atoms with Crippen molar-refractivity contribution in [3.05, 3.63) is 30.3 Å². The maximum absolute atomic E-state index is 4.44. The van der Waals surface area contributed by atoms with Gasteiger partial charge in [-0.15, -0.1) is 0 Å². The minimum absolute atomic E-state index is 0.921. The quantitative estimate of drug-likeness (QED) is 0.523. The van der Waals surface area contributed by atoms with E-state index in [1.54, 1.807) is 0 Å². The van der Waals surface area contributed by atoms with Crippen molar-refractivity contribution in [1.82, 2.24) is 0 Å². The highest BCUT2D eigenvalue weighted by Gasteiger charge is 2.30. The van der Waals surface area contributed by atoms with Gasteiger partial charge in [-0.05, 0) is 16.1 Å². The van der Waals surface area contributed by atoms with E-state index in [1.807, 2.05) is 6.07 Å². The first-order valence-corrected chi connectivity index (χ1v) is 8.69. The molecule has 0 aliphatic rings. The highest BCUT2D eigenvalue weighted by molar-refractivity contribution is 7.88. The van der Waals surface area contributed by atoms with Gasteiger partial charge < -0.3 is 0 Å². The highest BCUT2D eigenvalue weighted by Crippen LogP contribution is 2.10. The molecule has 72 valence electrons. The van der Waals surface area contributed by atoms with Gasteiger partial charge in [-0.1, -0.05) is 35.5 Å². The molecule has 13 heavy (non-hydrogen) atoms. The van der Waals surface area contributed by atoms with E-state index in [2.05, 4.69) is 62.2 Å². The summed E-state index contributed by atoms with van der Waals surface area (Å²) in [5, 5.41) is 4.17. The minimum Gasteiger partial charge on any atom is -0.182 e. The Kier molecular flexibility index (Phi) is 4.79. The summed E-state index contributed by atoms with van der Waals surface area (Å²) in [5.74, 6) is 0. The third kappa shape index (κ3) is 2.49. The van der Waals surface area contributed by atoms with Crippen molar-refractivity contribution in [3.8, 4) is 0 Å². The second kappa shape index (κ2) is 5.39. The summed E-state index contributed by atoms with van der Waals surface area (Å²) in [7, 11) is -1.50. The highest BCUT2D eigenvalue weighted by atomic mass is 32.1. The summed E-state index contributed by atoms with van der Waals surface area (Å²) in [6.45, 7) is 0. The molecule has 0 fully saturated rings. The van der Waals surface area contributed by atoms with Crippen LogP contribution in [0, 0.1) is 0 Å². The lowest BCUT2D eigenvalue weighted by molar-refractivity contribution is 1.64. The molecule has 0 atom stereocenters. The number of benzene rings is 1. The van der Waals surface area contributed by atoms with Gasteiger partial charge in [0.1, 0.15) is 8.07 Å². The Bertz CT molecular complexity index is 238. The van der Waals surface area contributed by atoms with Crippen molar-refractivity contribution in [2.45, 2.75) is 0 Å². The second-order valence-corrected chi connectivity index (χ2v) is 10.1. The molecule has 0 aliphatic heterocycles. The van der Waals surface area contributed by atoms with Crippen LogP contribution in [-0.2, 0) is 0 Å². The second-order valence-electron chi connectivity index (χ2n) is 3.12. The number of thiol groups is 3. The van der Waals surface area contributed by atoms with Crippen LogP contribution in [0.2, 0.25) is 0 Å². The zero-order chi connectivity index (χ0) is 9.73. The Morgan fingerprint density at radius 3 is 1.69 bits per heavy atom. The lowest BCUT2D eigenvalue weighted by Crippen LogP contribution is -2.55. The summed E-state index contributed by atoms with van der Waals surface area (Å²) in [4.78, 5) is 0. The third-order valence-electron chi connectivity index (χ3n) is 2.29. The van der Waals surface area contributed by atoms with Crippen molar-refractivity contribution < 1.29 is 0 Å². The molecule has 0 aromatic heterocycles. The molecule has 0 bridgehead atoms. The monoisotopic (exact) mass is 246 g/mol. The van der Waals surface area contributed by atoms with E-state index in [0.717, 1.165) is 16.1 Å². The van der Waals surface area contributed by atoms with Crippen LogP contribution in [0.5, 0.6) is 0 Å². The van der Waals surface area contributed by atoms with Crippen molar-refractivity contribution >= 4 is 51.1 Å². The lowest BCUT2D eigenvalue weighted by Gasteiger charge is -2.26. The Morgan fingerprint density at radius 1 is 0.846 bits per heavy atom. The topological polar surface area (TPSA) is 0 Å². The largest absolute Gasteiger partial charge is 0.182 e. The third-order valence-corrected chi connectivity index (χ3v) is 11.1. The molecule has 0 aliphatic carbocycles. The molecule has 0 radical (unpaired) electrons. The first-order valence-electron chi connectivity index (χ1n) is 4.17. The average molecular weight is 246 g/mol. The van der Waals surface area contributed by atoms with Gasteiger partial charge in [-0.3, -0.25) is 0 Å². The smallest absolute Gasteiger partial charge is 0.115 e. The maximum atomic E-state index is 4.44. The SMILES string of the molecule is SC[Si](CS)(CS)c1ccccc1. The Morgan fingerprint density at radius 2 is 1.31 bits per heavy atom. The fraction of sp³-hybridized carbons (Fsp3) is 0.333. The van der Waals surface area contributed by atoms with Crippen LogP contribution in [0.15, 0.2) is 30.3 Å². The van der Waals surface area contributed by atoms with E-state index in [4.69, 9.17) is 0 Å². The molecular weight excluding hydrogens is 232 g/mol. The van der Waals surface area contributed by atoms with E-state index in [0.29, 0.717) is 0 Å². The predicted octanol–water partition coefficient (Wildman–Crippen LogP) is 1.75. The van der Waals surface area contributed by atoms with Crippen LogP contribution in [0.1, 0.15) is 0 Å². The Balaban J connectivity index is 3.01. The average Bonchev–Trinajstić information content (AvgIpc) is 2.23. The van der Waals surface area contributed by atoms with Gasteiger partial charge in [-0.25, -0.2) is 0 Å². The molecule has 0 nitrogen and oxygen atoms in total. The Hall–Kier alpha value is 0.487.